The smallest absolute Gasteiger partial charge is 0.160 e. The first-order valence-electron chi connectivity index (χ1n) is 20.8. The van der Waals surface area contributed by atoms with Gasteiger partial charge in [-0.05, 0) is 84.0 Å². The molecule has 0 fully saturated rings. The van der Waals surface area contributed by atoms with Crippen molar-refractivity contribution < 1.29 is 0 Å². The summed E-state index contributed by atoms with van der Waals surface area (Å²) in [4.78, 5) is 11.2. The molecule has 0 N–H and O–H groups in total. The molecule has 2 nitrogen and oxygen atoms in total. The molecule has 0 saturated carbocycles. The average Bonchev–Trinajstić information content (AvgIpc) is 3.79. The van der Waals surface area contributed by atoms with Crippen LogP contribution >= 0.6 is 0 Å². The summed E-state index contributed by atoms with van der Waals surface area (Å²) < 4.78 is 0. The summed E-state index contributed by atoms with van der Waals surface area (Å²) in [5, 5.41) is 1.03. The van der Waals surface area contributed by atoms with E-state index in [9.17, 15) is 0 Å². The first-order chi connectivity index (χ1) is 29.8. The fraction of sp³-hybridized carbons (Fsp3) is 0.0345. The first kappa shape index (κ1) is 33.3. The molecular formula is C58H36N2. The molecule has 0 radical (unpaired) electrons. The van der Waals surface area contributed by atoms with E-state index in [-0.39, 0.29) is 0 Å². The molecule has 0 amide bonds. The second-order valence-corrected chi connectivity index (χ2v) is 16.3. The Bertz CT molecular complexity index is 3290. The summed E-state index contributed by atoms with van der Waals surface area (Å²) in [5.74, 6) is 0.725. The van der Waals surface area contributed by atoms with Crippen LogP contribution in [-0.2, 0) is 10.8 Å². The summed E-state index contributed by atoms with van der Waals surface area (Å²) in [6.45, 7) is 0. The molecule has 278 valence electrons. The Morgan fingerprint density at radius 3 is 1.28 bits per heavy atom. The van der Waals surface area contributed by atoms with Gasteiger partial charge in [-0.1, -0.05) is 212 Å². The molecule has 0 aliphatic heterocycles. The summed E-state index contributed by atoms with van der Waals surface area (Å²) in [6.07, 6.45) is 0. The van der Waals surface area contributed by atoms with Crippen LogP contribution in [0.25, 0.3) is 66.9 Å². The highest BCUT2D eigenvalue weighted by Crippen LogP contribution is 2.68. The summed E-state index contributed by atoms with van der Waals surface area (Å²) in [6, 6.07) is 80.4. The zero-order valence-electron chi connectivity index (χ0n) is 32.7. The SMILES string of the molecule is c1ccc(-c2ccc(-c3nc(-c4cccc5c4C4(c6ccccc6-c6ccccc64)c4ccccc4C54c5ccccc5-c5ccccc54)nc4ccccc34)cc2)cc1. The van der Waals surface area contributed by atoms with E-state index < -0.39 is 10.8 Å². The maximum absolute atomic E-state index is 5.67. The Labute approximate surface area is 349 Å². The number of hydrogen-bond donors (Lipinski definition) is 0. The van der Waals surface area contributed by atoms with E-state index >= 15 is 0 Å². The van der Waals surface area contributed by atoms with Gasteiger partial charge in [-0.15, -0.1) is 0 Å². The predicted molar refractivity (Wildman–Crippen MR) is 244 cm³/mol. The largest absolute Gasteiger partial charge is 0.228 e. The van der Waals surface area contributed by atoms with Crippen molar-refractivity contribution >= 4 is 10.9 Å². The Morgan fingerprint density at radius 2 is 0.683 bits per heavy atom. The summed E-state index contributed by atoms with van der Waals surface area (Å²) in [5.41, 5.74) is 20.5. The van der Waals surface area contributed by atoms with Crippen molar-refractivity contribution in [3.8, 4) is 56.0 Å². The Morgan fingerprint density at radius 1 is 0.267 bits per heavy atom. The average molecular weight is 761 g/mol. The van der Waals surface area contributed by atoms with Gasteiger partial charge in [0.1, 0.15) is 0 Å². The van der Waals surface area contributed by atoms with Crippen molar-refractivity contribution in [1.82, 2.24) is 9.97 Å². The standard InChI is InChI=1S/C58H36N2/c1-2-17-37(18-3-1)38-33-35-39(36-34-38)55-44-23-8-15-32-53(44)59-56(60-55)45-24-16-31-52-54(45)58(48-27-11-6-21-42(48)43-22-7-12-28-49(43)58)51-30-14-13-29-50(51)57(52)46-25-9-4-19-40(46)41-20-5-10-26-47(41)57/h1-36H. The fourth-order valence-electron chi connectivity index (χ4n) is 11.4. The normalized spacial score (nSPS) is 14.3. The van der Waals surface area contributed by atoms with Crippen LogP contribution in [0.2, 0.25) is 0 Å². The van der Waals surface area contributed by atoms with E-state index in [1.54, 1.807) is 0 Å². The van der Waals surface area contributed by atoms with Gasteiger partial charge in [0, 0.05) is 16.5 Å². The van der Waals surface area contributed by atoms with Crippen molar-refractivity contribution in [3.63, 3.8) is 0 Å². The third-order valence-electron chi connectivity index (χ3n) is 13.6. The molecule has 0 unspecified atom stereocenters. The second kappa shape index (κ2) is 12.4. The van der Waals surface area contributed by atoms with E-state index in [2.05, 4.69) is 218 Å². The number of hydrogen-bond acceptors (Lipinski definition) is 2. The van der Waals surface area contributed by atoms with Crippen LogP contribution in [0.3, 0.4) is 0 Å². The first-order valence-corrected chi connectivity index (χ1v) is 20.8. The van der Waals surface area contributed by atoms with Crippen molar-refractivity contribution in [2.24, 2.45) is 0 Å². The molecule has 1 heterocycles. The molecule has 0 atom stereocenters. The van der Waals surface area contributed by atoms with E-state index in [1.165, 1.54) is 77.9 Å². The minimum atomic E-state index is -0.653. The Hall–Kier alpha value is -7.68. The van der Waals surface area contributed by atoms with Gasteiger partial charge in [0.25, 0.3) is 0 Å². The van der Waals surface area contributed by atoms with Gasteiger partial charge >= 0.3 is 0 Å². The molecule has 0 bridgehead atoms. The minimum absolute atomic E-state index is 0.584. The van der Waals surface area contributed by atoms with Crippen LogP contribution in [0.1, 0.15) is 44.5 Å². The highest BCUT2D eigenvalue weighted by Gasteiger charge is 2.59. The van der Waals surface area contributed by atoms with Gasteiger partial charge in [-0.3, -0.25) is 0 Å². The number of nitrogens with zero attached hydrogens (tertiary/aromatic N) is 2. The molecule has 2 heteroatoms. The molecule has 2 spiro atoms. The molecule has 3 aliphatic rings. The molecule has 9 aromatic carbocycles. The van der Waals surface area contributed by atoms with Gasteiger partial charge < -0.3 is 0 Å². The monoisotopic (exact) mass is 760 g/mol. The van der Waals surface area contributed by atoms with Crippen molar-refractivity contribution in [1.29, 1.82) is 0 Å². The molecular weight excluding hydrogens is 725 g/mol. The Kier molecular flexibility index (Phi) is 6.89. The van der Waals surface area contributed by atoms with Crippen molar-refractivity contribution in [3.05, 3.63) is 263 Å². The highest BCUT2D eigenvalue weighted by molar-refractivity contribution is 5.98. The highest BCUT2D eigenvalue weighted by atomic mass is 14.9. The van der Waals surface area contributed by atoms with Gasteiger partial charge in [-0.25, -0.2) is 9.97 Å². The van der Waals surface area contributed by atoms with Crippen LogP contribution in [0.15, 0.2) is 218 Å². The van der Waals surface area contributed by atoms with Crippen LogP contribution in [0.5, 0.6) is 0 Å². The summed E-state index contributed by atoms with van der Waals surface area (Å²) in [7, 11) is 0. The van der Waals surface area contributed by atoms with E-state index in [4.69, 9.17) is 9.97 Å². The lowest BCUT2D eigenvalue weighted by Crippen LogP contribution is -2.44. The zero-order chi connectivity index (χ0) is 39.4. The van der Waals surface area contributed by atoms with E-state index in [1.807, 2.05) is 0 Å². The topological polar surface area (TPSA) is 25.8 Å². The van der Waals surface area contributed by atoms with Gasteiger partial charge in [0.15, 0.2) is 5.82 Å². The molecule has 0 saturated heterocycles. The lowest BCUT2D eigenvalue weighted by molar-refractivity contribution is 0.634. The zero-order valence-corrected chi connectivity index (χ0v) is 32.7. The maximum Gasteiger partial charge on any atom is 0.160 e. The van der Waals surface area contributed by atoms with E-state index in [0.29, 0.717) is 0 Å². The number of aromatic nitrogens is 2. The number of rotatable bonds is 3. The van der Waals surface area contributed by atoms with Crippen LogP contribution in [0.4, 0.5) is 0 Å². The number of fused-ring (bicyclic) bond motifs is 17. The van der Waals surface area contributed by atoms with Crippen LogP contribution in [0, 0.1) is 0 Å². The molecule has 60 heavy (non-hydrogen) atoms. The van der Waals surface area contributed by atoms with Crippen LogP contribution < -0.4 is 0 Å². The Balaban J connectivity index is 1.18. The van der Waals surface area contributed by atoms with Crippen molar-refractivity contribution in [2.45, 2.75) is 10.8 Å². The lowest BCUT2D eigenvalue weighted by Gasteiger charge is -2.49. The predicted octanol–water partition coefficient (Wildman–Crippen LogP) is 13.7. The van der Waals surface area contributed by atoms with Gasteiger partial charge in [0.2, 0.25) is 0 Å². The van der Waals surface area contributed by atoms with Crippen LogP contribution in [-0.4, -0.2) is 9.97 Å². The molecule has 3 aliphatic carbocycles. The maximum atomic E-state index is 5.67. The number of para-hydroxylation sites is 1. The quantitative estimate of drug-likeness (QED) is 0.179. The second-order valence-electron chi connectivity index (χ2n) is 16.3. The van der Waals surface area contributed by atoms with Gasteiger partial charge in [-0.2, -0.15) is 0 Å². The van der Waals surface area contributed by atoms with Gasteiger partial charge in [0.05, 0.1) is 22.0 Å². The molecule has 1 aromatic heterocycles. The van der Waals surface area contributed by atoms with Crippen molar-refractivity contribution in [2.75, 3.05) is 0 Å². The molecule has 10 aromatic rings. The molecule has 13 rings (SSSR count). The van der Waals surface area contributed by atoms with E-state index in [0.717, 1.165) is 33.5 Å². The number of benzene rings is 9. The third-order valence-corrected chi connectivity index (χ3v) is 13.6. The summed E-state index contributed by atoms with van der Waals surface area (Å²) >= 11 is 0. The fourth-order valence-corrected chi connectivity index (χ4v) is 11.4. The lowest BCUT2D eigenvalue weighted by atomic mass is 9.51. The minimum Gasteiger partial charge on any atom is -0.228 e. The third kappa shape index (κ3) is 4.22.